The van der Waals surface area contributed by atoms with E-state index in [2.05, 4.69) is 229 Å². The van der Waals surface area contributed by atoms with Crippen molar-refractivity contribution in [1.82, 2.24) is 4.48 Å². The highest BCUT2D eigenvalue weighted by Gasteiger charge is 2.50. The van der Waals surface area contributed by atoms with Crippen molar-refractivity contribution in [2.24, 2.45) is 0 Å². The number of hydrogen-bond acceptors (Lipinski definition) is 2. The zero-order valence-electron chi connectivity index (χ0n) is 40.2. The Balaban J connectivity index is 1.21. The van der Waals surface area contributed by atoms with Gasteiger partial charge in [-0.2, -0.15) is 0 Å². The van der Waals surface area contributed by atoms with Crippen LogP contribution >= 0.6 is 11.3 Å². The zero-order valence-corrected chi connectivity index (χ0v) is 41.0. The van der Waals surface area contributed by atoms with Crippen LogP contribution in [0.5, 0.6) is 0 Å². The summed E-state index contributed by atoms with van der Waals surface area (Å²) >= 11 is 2.05. The highest BCUT2D eigenvalue weighted by molar-refractivity contribution is 7.32. The molecule has 4 heterocycles. The van der Waals surface area contributed by atoms with Crippen LogP contribution in [0.3, 0.4) is 0 Å². The van der Waals surface area contributed by atoms with Crippen LogP contribution in [0.25, 0.3) is 76.0 Å². The van der Waals surface area contributed by atoms with E-state index in [-0.39, 0.29) is 28.5 Å². The van der Waals surface area contributed by atoms with Crippen molar-refractivity contribution in [2.45, 2.75) is 96.8 Å². The number of hydrogen-bond donors (Lipinski definition) is 0. The number of benzene rings is 8. The first-order valence-electron chi connectivity index (χ1n) is 24.5. The largest absolute Gasteiger partial charge is 0.375 e. The van der Waals surface area contributed by atoms with Gasteiger partial charge in [0.1, 0.15) is 0 Å². The van der Waals surface area contributed by atoms with Gasteiger partial charge in [0, 0.05) is 58.9 Å². The molecule has 2 aliphatic heterocycles. The lowest BCUT2D eigenvalue weighted by Gasteiger charge is -2.43. The molecule has 0 spiro atoms. The van der Waals surface area contributed by atoms with E-state index >= 15 is 0 Å². The number of nitrogens with zero attached hydrogens (tertiary/aromatic N) is 2. The maximum Gasteiger partial charge on any atom is 0.343 e. The minimum absolute atomic E-state index is 0.0243. The van der Waals surface area contributed by atoms with Crippen LogP contribution in [0.1, 0.15) is 103 Å². The Bertz CT molecular complexity index is 3830. The van der Waals surface area contributed by atoms with Crippen LogP contribution in [0.2, 0.25) is 0 Å². The van der Waals surface area contributed by atoms with Crippen LogP contribution in [0.15, 0.2) is 146 Å². The standard InChI is InChI=1S/C63H55BN2S/c1-60(2,3)39-26-27-50(43(32-39)36-18-11-10-12-19-36)65-52-34-45-40-22-15-16-25-47(40)63(8,9)55(45)54-42-24-17-23-41-44-30-37-20-13-14-21-38(37)31-51(44)66(57(41)42)64(56(52)54)59-58(65)46-33-48-49(35-53(46)67-59)62(6,7)29-28-61(48,4)5/h10-27,30-35H,28-29H2,1-9H3. The molecule has 10 aromatic rings. The number of aromatic nitrogens is 1. The number of para-hydroxylation sites is 1. The molecule has 0 saturated carbocycles. The molecule has 8 aromatic carbocycles. The maximum atomic E-state index is 2.79. The van der Waals surface area contributed by atoms with E-state index in [1.807, 2.05) is 0 Å². The van der Waals surface area contributed by atoms with Gasteiger partial charge in [0.05, 0.1) is 11.4 Å². The second-order valence-corrected chi connectivity index (χ2v) is 24.2. The van der Waals surface area contributed by atoms with Crippen molar-refractivity contribution < 1.29 is 0 Å². The van der Waals surface area contributed by atoms with Crippen molar-refractivity contribution in [3.63, 3.8) is 0 Å². The smallest absolute Gasteiger partial charge is 0.343 e. The fourth-order valence-electron chi connectivity index (χ4n) is 13.3. The topological polar surface area (TPSA) is 8.17 Å². The third kappa shape index (κ3) is 5.18. The summed E-state index contributed by atoms with van der Waals surface area (Å²) in [6, 6.07) is 56.8. The van der Waals surface area contributed by atoms with Gasteiger partial charge in [-0.1, -0.05) is 165 Å². The molecule has 0 atom stereocenters. The second-order valence-electron chi connectivity index (χ2n) is 23.1. The van der Waals surface area contributed by atoms with E-state index in [1.54, 1.807) is 0 Å². The van der Waals surface area contributed by atoms with E-state index in [0.717, 1.165) is 0 Å². The molecule has 0 radical (unpaired) electrons. The van der Waals surface area contributed by atoms with Gasteiger partial charge in [-0.05, 0) is 138 Å². The Morgan fingerprint density at radius 1 is 0.552 bits per heavy atom. The summed E-state index contributed by atoms with van der Waals surface area (Å²) in [5, 5.41) is 6.61. The Labute approximate surface area is 399 Å². The van der Waals surface area contributed by atoms with Crippen LogP contribution in [0, 0.1) is 0 Å². The first-order chi connectivity index (χ1) is 32.1. The number of thiophene rings is 1. The molecule has 0 unspecified atom stereocenters. The Morgan fingerprint density at radius 2 is 1.24 bits per heavy atom. The van der Waals surface area contributed by atoms with Crippen LogP contribution in [-0.4, -0.2) is 11.3 Å². The van der Waals surface area contributed by atoms with Gasteiger partial charge in [-0.3, -0.25) is 0 Å². The van der Waals surface area contributed by atoms with Crippen LogP contribution < -0.4 is 15.1 Å². The SMILES string of the molecule is CC(C)(C)c1ccc(N2c3cc4c(c5c3B(c3sc6cc7c(cc6c32)C(C)(C)CCC7(C)C)n2c3cc6ccccc6cc3c3cccc-5c32)C(C)(C)c2ccccc2-4)c(-c2ccccc2)c1. The van der Waals surface area contributed by atoms with E-state index in [1.165, 1.54) is 144 Å². The average molecular weight is 883 g/mol. The van der Waals surface area contributed by atoms with Gasteiger partial charge in [-0.25, -0.2) is 0 Å². The normalized spacial score (nSPS) is 16.9. The summed E-state index contributed by atoms with van der Waals surface area (Å²) < 4.78 is 5.60. The molecule has 0 N–H and O–H groups in total. The predicted molar refractivity (Wildman–Crippen MR) is 290 cm³/mol. The molecule has 2 aliphatic carbocycles. The first-order valence-corrected chi connectivity index (χ1v) is 25.3. The molecular formula is C63H55BN2S. The fourth-order valence-corrected chi connectivity index (χ4v) is 14.6. The van der Waals surface area contributed by atoms with Gasteiger partial charge in [0.25, 0.3) is 0 Å². The highest BCUT2D eigenvalue weighted by atomic mass is 32.1. The van der Waals surface area contributed by atoms with Gasteiger partial charge in [-0.15, -0.1) is 11.3 Å². The van der Waals surface area contributed by atoms with Gasteiger partial charge in [0.2, 0.25) is 0 Å². The van der Waals surface area contributed by atoms with Gasteiger partial charge in [0.15, 0.2) is 0 Å². The Hall–Kier alpha value is -6.36. The minimum atomic E-state index is -0.211. The molecule has 4 aliphatic rings. The van der Waals surface area contributed by atoms with E-state index in [9.17, 15) is 0 Å². The quantitative estimate of drug-likeness (QED) is 0.157. The average Bonchev–Trinajstić information content (AvgIpc) is 3.93. The maximum absolute atomic E-state index is 2.79. The molecule has 0 fully saturated rings. The van der Waals surface area contributed by atoms with Crippen molar-refractivity contribution in [3.05, 3.63) is 173 Å². The molecule has 14 rings (SSSR count). The van der Waals surface area contributed by atoms with E-state index < -0.39 is 0 Å². The first kappa shape index (κ1) is 39.8. The number of anilines is 3. The van der Waals surface area contributed by atoms with E-state index in [4.69, 9.17) is 0 Å². The molecule has 0 bridgehead atoms. The van der Waals surface area contributed by atoms with Gasteiger partial charge < -0.3 is 9.38 Å². The summed E-state index contributed by atoms with van der Waals surface area (Å²) in [5.41, 5.74) is 23.1. The summed E-state index contributed by atoms with van der Waals surface area (Å²) in [6.45, 7) is 21.9. The monoisotopic (exact) mass is 882 g/mol. The number of fused-ring (bicyclic) bond motifs is 15. The van der Waals surface area contributed by atoms with E-state index in [0.29, 0.717) is 0 Å². The Morgan fingerprint density at radius 3 is 2.00 bits per heavy atom. The molecule has 2 aromatic heterocycles. The Kier molecular flexibility index (Phi) is 7.71. The minimum Gasteiger partial charge on any atom is -0.375 e. The molecule has 326 valence electrons. The number of rotatable bonds is 2. The lowest BCUT2D eigenvalue weighted by Crippen LogP contribution is -2.56. The van der Waals surface area contributed by atoms with Crippen molar-refractivity contribution >= 4 is 88.2 Å². The van der Waals surface area contributed by atoms with Gasteiger partial charge >= 0.3 is 6.85 Å². The summed E-state index contributed by atoms with van der Waals surface area (Å²) in [7, 11) is 0. The summed E-state index contributed by atoms with van der Waals surface area (Å²) in [6.07, 6.45) is 2.36. The molecule has 67 heavy (non-hydrogen) atoms. The predicted octanol–water partition coefficient (Wildman–Crippen LogP) is 16.2. The molecular weight excluding hydrogens is 828 g/mol. The van der Waals surface area contributed by atoms with Crippen LogP contribution in [0.4, 0.5) is 17.1 Å². The highest BCUT2D eigenvalue weighted by Crippen LogP contribution is 2.59. The summed E-state index contributed by atoms with van der Waals surface area (Å²) in [5.74, 6) is 0. The third-order valence-electron chi connectivity index (χ3n) is 16.9. The van der Waals surface area contributed by atoms with Crippen molar-refractivity contribution in [3.8, 4) is 33.4 Å². The van der Waals surface area contributed by atoms with Crippen LogP contribution in [-0.2, 0) is 21.7 Å². The lowest BCUT2D eigenvalue weighted by atomic mass is 9.47. The third-order valence-corrected chi connectivity index (χ3v) is 18.1. The lowest BCUT2D eigenvalue weighted by molar-refractivity contribution is 0.332. The molecule has 4 heteroatoms. The van der Waals surface area contributed by atoms with Crippen molar-refractivity contribution in [1.29, 1.82) is 0 Å². The van der Waals surface area contributed by atoms with Crippen molar-refractivity contribution in [2.75, 3.05) is 4.90 Å². The fraction of sp³-hybridized carbons (Fsp3) is 0.238. The summed E-state index contributed by atoms with van der Waals surface area (Å²) in [4.78, 5) is 2.76. The molecule has 0 saturated heterocycles. The zero-order chi connectivity index (χ0) is 45.7. The molecule has 2 nitrogen and oxygen atoms in total. The second kappa shape index (κ2) is 13.0. The molecule has 0 amide bonds.